The van der Waals surface area contributed by atoms with Gasteiger partial charge in [-0.3, -0.25) is 4.79 Å². The molecule has 33 heavy (non-hydrogen) atoms. The number of aryl methyl sites for hydroxylation is 3. The molecule has 4 rings (SSSR count). The van der Waals surface area contributed by atoms with Crippen LogP contribution < -0.4 is 10.3 Å². The lowest BCUT2D eigenvalue weighted by Gasteiger charge is -2.33. The number of rotatable bonds is 5. The summed E-state index contributed by atoms with van der Waals surface area (Å²) in [7, 11) is -4.07. The lowest BCUT2D eigenvalue weighted by molar-refractivity contribution is 0.442. The molecule has 1 aromatic heterocycles. The van der Waals surface area contributed by atoms with Crippen molar-refractivity contribution in [1.82, 2.24) is 4.57 Å². The van der Waals surface area contributed by atoms with E-state index >= 15 is 4.39 Å². The Balaban J connectivity index is 1.95. The number of fused-ring (bicyclic) bond motifs is 1. The Bertz CT molecular complexity index is 1380. The van der Waals surface area contributed by atoms with Crippen LogP contribution in [0.4, 0.5) is 10.1 Å². The number of nitrogens with zero attached hydrogens (tertiary/aromatic N) is 2. The van der Waals surface area contributed by atoms with Crippen molar-refractivity contribution in [3.05, 3.63) is 63.7 Å². The first kappa shape index (κ1) is 23.5. The van der Waals surface area contributed by atoms with Crippen LogP contribution in [-0.4, -0.2) is 26.1 Å². The number of benzene rings is 2. The third-order valence-electron chi connectivity index (χ3n) is 6.50. The van der Waals surface area contributed by atoms with Gasteiger partial charge < -0.3 is 9.47 Å². The van der Waals surface area contributed by atoms with E-state index in [9.17, 15) is 13.2 Å². The van der Waals surface area contributed by atoms with Crippen LogP contribution >= 0.6 is 0 Å². The summed E-state index contributed by atoms with van der Waals surface area (Å²) < 4.78 is 44.1. The molecule has 0 amide bonds. The Morgan fingerprint density at radius 1 is 1.12 bits per heavy atom. The molecule has 176 valence electrons. The van der Waals surface area contributed by atoms with E-state index in [-0.39, 0.29) is 15.2 Å². The molecule has 0 radical (unpaired) electrons. The van der Waals surface area contributed by atoms with Crippen LogP contribution in [0.15, 0.2) is 51.1 Å². The topological polar surface area (TPSA) is 59.4 Å². The molecule has 0 N–H and O–H groups in total. The monoisotopic (exact) mass is 470 g/mol. The third kappa shape index (κ3) is 4.31. The van der Waals surface area contributed by atoms with Gasteiger partial charge >= 0.3 is 0 Å². The van der Waals surface area contributed by atoms with Crippen LogP contribution in [0.25, 0.3) is 10.9 Å². The van der Waals surface area contributed by atoms with Gasteiger partial charge in [-0.2, -0.15) is 0 Å². The molecule has 1 atom stereocenters. The maximum Gasteiger partial charge on any atom is 0.212 e. The van der Waals surface area contributed by atoms with E-state index < -0.39 is 21.1 Å². The minimum absolute atomic E-state index is 0.0983. The predicted molar refractivity (Wildman–Crippen MR) is 130 cm³/mol. The van der Waals surface area contributed by atoms with E-state index in [0.29, 0.717) is 29.2 Å². The summed E-state index contributed by atoms with van der Waals surface area (Å²) >= 11 is 0. The summed E-state index contributed by atoms with van der Waals surface area (Å²) in [6, 6.07) is 8.09. The van der Waals surface area contributed by atoms with Crippen LogP contribution in [0.3, 0.4) is 0 Å². The Kier molecular flexibility index (Phi) is 6.36. The van der Waals surface area contributed by atoms with Crippen molar-refractivity contribution in [2.45, 2.75) is 63.3 Å². The molecule has 3 aromatic rings. The number of pyridine rings is 1. The molecule has 1 aliphatic heterocycles. The standard InChI is InChI=1S/C26H31FN2O3S/c1-5-10-28-16-25(33(31,32)24-12-17(2)8-9-19(24)4)26(30)20-13-21(27)23(14-22(20)28)29-11-6-7-18(3)15-29/h8-9,12-14,16,18H,5-7,10-11,15H2,1-4H3. The molecule has 1 unspecified atom stereocenters. The van der Waals surface area contributed by atoms with Crippen LogP contribution in [0.1, 0.15) is 44.2 Å². The lowest BCUT2D eigenvalue weighted by atomic mass is 9.99. The van der Waals surface area contributed by atoms with E-state index in [1.165, 1.54) is 12.3 Å². The summed E-state index contributed by atoms with van der Waals surface area (Å²) in [4.78, 5) is 15.3. The highest BCUT2D eigenvalue weighted by molar-refractivity contribution is 7.91. The van der Waals surface area contributed by atoms with Gasteiger partial charge in [0.25, 0.3) is 0 Å². The van der Waals surface area contributed by atoms with E-state index in [4.69, 9.17) is 0 Å². The normalized spacial score (nSPS) is 17.0. The number of anilines is 1. The molecule has 2 aromatic carbocycles. The molecule has 1 saturated heterocycles. The van der Waals surface area contributed by atoms with Gasteiger partial charge in [-0.15, -0.1) is 0 Å². The quantitative estimate of drug-likeness (QED) is 0.512. The van der Waals surface area contributed by atoms with Crippen LogP contribution in [0, 0.1) is 25.6 Å². The van der Waals surface area contributed by atoms with E-state index in [1.54, 1.807) is 29.7 Å². The predicted octanol–water partition coefficient (Wildman–Crippen LogP) is 5.24. The number of aromatic nitrogens is 1. The Morgan fingerprint density at radius 3 is 2.58 bits per heavy atom. The molecule has 0 aliphatic carbocycles. The van der Waals surface area contributed by atoms with Gasteiger partial charge in [-0.1, -0.05) is 26.0 Å². The first-order valence-electron chi connectivity index (χ1n) is 11.6. The maximum absolute atomic E-state index is 15.3. The SMILES string of the molecule is CCCn1cc(S(=O)(=O)c2cc(C)ccc2C)c(=O)c2cc(F)c(N3CCCC(C)C3)cc21. The lowest BCUT2D eigenvalue weighted by Crippen LogP contribution is -2.35. The van der Waals surface area contributed by atoms with Crippen molar-refractivity contribution < 1.29 is 12.8 Å². The first-order valence-corrected chi connectivity index (χ1v) is 13.1. The van der Waals surface area contributed by atoms with Gasteiger partial charge in [0.1, 0.15) is 10.7 Å². The molecule has 5 nitrogen and oxygen atoms in total. The number of halogens is 1. The second kappa shape index (κ2) is 8.93. The highest BCUT2D eigenvalue weighted by Gasteiger charge is 2.27. The van der Waals surface area contributed by atoms with Crippen LogP contribution in [-0.2, 0) is 16.4 Å². The average molecular weight is 471 g/mol. The Morgan fingerprint density at radius 2 is 1.88 bits per heavy atom. The number of piperidine rings is 1. The summed E-state index contributed by atoms with van der Waals surface area (Å²) in [5.74, 6) is -0.0187. The van der Waals surface area contributed by atoms with Crippen LogP contribution in [0.2, 0.25) is 0 Å². The fourth-order valence-corrected chi connectivity index (χ4v) is 6.45. The Hall–Kier alpha value is -2.67. The highest BCUT2D eigenvalue weighted by Crippen LogP contribution is 2.31. The van der Waals surface area contributed by atoms with Crippen molar-refractivity contribution >= 4 is 26.4 Å². The summed E-state index contributed by atoms with van der Waals surface area (Å²) in [6.07, 6.45) is 4.29. The van der Waals surface area contributed by atoms with Crippen molar-refractivity contribution in [3.63, 3.8) is 0 Å². The minimum Gasteiger partial charge on any atom is -0.369 e. The molecule has 2 heterocycles. The molecular weight excluding hydrogens is 439 g/mol. The fourth-order valence-electron chi connectivity index (χ4n) is 4.76. The molecule has 1 fully saturated rings. The molecule has 0 spiro atoms. The summed E-state index contributed by atoms with van der Waals surface area (Å²) in [5.41, 5.74) is 1.75. The highest BCUT2D eigenvalue weighted by atomic mass is 32.2. The van der Waals surface area contributed by atoms with Crippen molar-refractivity contribution in [2.24, 2.45) is 5.92 Å². The zero-order valence-corrected chi connectivity index (χ0v) is 20.5. The molecule has 1 aliphatic rings. The van der Waals surface area contributed by atoms with Gasteiger partial charge in [0, 0.05) is 25.8 Å². The summed E-state index contributed by atoms with van der Waals surface area (Å²) in [5, 5.41) is 0.0983. The number of hydrogen-bond acceptors (Lipinski definition) is 4. The van der Waals surface area contributed by atoms with Crippen molar-refractivity contribution in [1.29, 1.82) is 0 Å². The van der Waals surface area contributed by atoms with Crippen molar-refractivity contribution in [2.75, 3.05) is 18.0 Å². The maximum atomic E-state index is 15.3. The van der Waals surface area contributed by atoms with Gasteiger partial charge in [0.2, 0.25) is 15.3 Å². The molecule has 0 saturated carbocycles. The van der Waals surface area contributed by atoms with Gasteiger partial charge in [-0.25, -0.2) is 12.8 Å². The second-order valence-corrected chi connectivity index (χ2v) is 11.2. The number of hydrogen-bond donors (Lipinski definition) is 0. The third-order valence-corrected chi connectivity index (χ3v) is 8.39. The van der Waals surface area contributed by atoms with Gasteiger partial charge in [0.05, 0.1) is 21.5 Å². The van der Waals surface area contributed by atoms with E-state index in [0.717, 1.165) is 37.9 Å². The number of sulfone groups is 1. The van der Waals surface area contributed by atoms with Gasteiger partial charge in [0.15, 0.2) is 0 Å². The first-order chi connectivity index (χ1) is 15.6. The Labute approximate surface area is 194 Å². The molecule has 0 bridgehead atoms. The zero-order chi connectivity index (χ0) is 23.9. The molecular formula is C26H31FN2O3S. The van der Waals surface area contributed by atoms with Crippen molar-refractivity contribution in [3.8, 4) is 0 Å². The van der Waals surface area contributed by atoms with Gasteiger partial charge in [-0.05, 0) is 68.4 Å². The molecule has 7 heteroatoms. The fraction of sp³-hybridized carbons (Fsp3) is 0.423. The van der Waals surface area contributed by atoms with Crippen LogP contribution in [0.5, 0.6) is 0 Å². The largest absolute Gasteiger partial charge is 0.369 e. The minimum atomic E-state index is -4.07. The summed E-state index contributed by atoms with van der Waals surface area (Å²) in [6.45, 7) is 9.72. The van der Waals surface area contributed by atoms with E-state index in [2.05, 4.69) is 6.92 Å². The smallest absolute Gasteiger partial charge is 0.212 e. The average Bonchev–Trinajstić information content (AvgIpc) is 2.77. The van der Waals surface area contributed by atoms with E-state index in [1.807, 2.05) is 24.8 Å². The zero-order valence-electron chi connectivity index (χ0n) is 19.7. The second-order valence-electron chi connectivity index (χ2n) is 9.30.